The maximum Gasteiger partial charge on any atom is 0.0213 e. The van der Waals surface area contributed by atoms with Crippen LogP contribution in [0, 0.1) is 0 Å². The van der Waals surface area contributed by atoms with Crippen LogP contribution in [0.5, 0.6) is 0 Å². The second-order valence-corrected chi connectivity index (χ2v) is 8.65. The van der Waals surface area contributed by atoms with Crippen molar-refractivity contribution in [3.8, 4) is 0 Å². The van der Waals surface area contributed by atoms with Crippen LogP contribution in [-0.2, 0) is 0 Å². The van der Waals surface area contributed by atoms with Gasteiger partial charge in [-0.2, -0.15) is 0 Å². The van der Waals surface area contributed by atoms with E-state index in [0.717, 1.165) is 9.79 Å². The van der Waals surface area contributed by atoms with E-state index in [-0.39, 0.29) is 4.75 Å². The first-order valence-electron chi connectivity index (χ1n) is 8.12. The van der Waals surface area contributed by atoms with Gasteiger partial charge in [0.1, 0.15) is 0 Å². The molecule has 0 saturated carbocycles. The van der Waals surface area contributed by atoms with Gasteiger partial charge in [0.15, 0.2) is 0 Å². The molecule has 2 aromatic rings. The summed E-state index contributed by atoms with van der Waals surface area (Å²) < 4.78 is 11.2. The zero-order valence-corrected chi connectivity index (χ0v) is 15.9. The maximum atomic E-state index is 11.4. The highest BCUT2D eigenvalue weighted by Gasteiger charge is 2.38. The summed E-state index contributed by atoms with van der Waals surface area (Å²) >= 11 is 0. The van der Waals surface area contributed by atoms with Crippen molar-refractivity contribution in [3.63, 3.8) is 0 Å². The molecule has 124 valence electrons. The second-order valence-electron chi connectivity index (χ2n) is 5.32. The Morgan fingerprint density at radius 2 is 0.909 bits per heavy atom. The van der Waals surface area contributed by atoms with E-state index in [9.17, 15) is 4.55 Å². The maximum absolute atomic E-state index is 11.4. The molecule has 0 aliphatic heterocycles. The monoisotopic (exact) mass is 320 g/mol. The molecule has 0 spiro atoms. The molecule has 0 aliphatic rings. The van der Waals surface area contributed by atoms with E-state index >= 15 is 0 Å². The minimum Gasteiger partial charge on any atom is -0.342 e. The molecule has 2 rings (SSSR count). The summed E-state index contributed by atoms with van der Waals surface area (Å²) in [5.41, 5.74) is 0. The first-order valence-corrected chi connectivity index (χ1v) is 9.71. The predicted octanol–water partition coefficient (Wildman–Crippen LogP) is 7.23. The fourth-order valence-corrected chi connectivity index (χ4v) is 4.87. The van der Waals surface area contributed by atoms with Crippen LogP contribution in [0.3, 0.4) is 0 Å². The Morgan fingerprint density at radius 1 is 0.636 bits per heavy atom. The van der Waals surface area contributed by atoms with Gasteiger partial charge in [-0.15, -0.1) is 0 Å². The van der Waals surface area contributed by atoms with Crippen molar-refractivity contribution in [3.05, 3.63) is 60.7 Å². The summed E-state index contributed by atoms with van der Waals surface area (Å²) in [6.07, 6.45) is 0. The van der Waals surface area contributed by atoms with Crippen LogP contribution >= 0.6 is 10.3 Å². The highest BCUT2D eigenvalue weighted by molar-refractivity contribution is 8.30. The standard InChI is InChI=1S/C16H20OS.2C2H6/c1-16(2,3)18(17,14-10-6-4-7-11-14)15-12-8-5-9-13-15;2*1-2/h4-13,17H,1-3H3;2*1-2H3. The van der Waals surface area contributed by atoms with Gasteiger partial charge in [-0.1, -0.05) is 74.4 Å². The molecule has 22 heavy (non-hydrogen) atoms. The molecular formula is C20H32OS. The Kier molecular flexibility index (Phi) is 9.15. The van der Waals surface area contributed by atoms with Gasteiger partial charge in [0.25, 0.3) is 0 Å². The second kappa shape index (κ2) is 9.70. The first kappa shape index (κ1) is 20.8. The molecule has 0 fully saturated rings. The van der Waals surface area contributed by atoms with Gasteiger partial charge in [0.2, 0.25) is 0 Å². The smallest absolute Gasteiger partial charge is 0.0213 e. The minimum absolute atomic E-state index is 0.199. The van der Waals surface area contributed by atoms with Gasteiger partial charge in [0.05, 0.1) is 0 Å². The predicted molar refractivity (Wildman–Crippen MR) is 102 cm³/mol. The van der Waals surface area contributed by atoms with Crippen LogP contribution in [0.15, 0.2) is 70.5 Å². The summed E-state index contributed by atoms with van der Waals surface area (Å²) in [7, 11) is -2.01. The Balaban J connectivity index is 0.00000102. The third-order valence-electron chi connectivity index (χ3n) is 3.05. The normalized spacial score (nSPS) is 11.5. The van der Waals surface area contributed by atoms with Crippen LogP contribution in [0.4, 0.5) is 0 Å². The van der Waals surface area contributed by atoms with E-state index in [1.807, 2.05) is 88.4 Å². The lowest BCUT2D eigenvalue weighted by atomic mass is 10.3. The van der Waals surface area contributed by atoms with Crippen LogP contribution in [0.2, 0.25) is 0 Å². The molecular weight excluding hydrogens is 288 g/mol. The summed E-state index contributed by atoms with van der Waals surface area (Å²) in [5, 5.41) is 0. The molecule has 0 atom stereocenters. The number of benzene rings is 2. The van der Waals surface area contributed by atoms with Crippen molar-refractivity contribution in [2.45, 2.75) is 63.0 Å². The molecule has 0 aliphatic carbocycles. The summed E-state index contributed by atoms with van der Waals surface area (Å²) in [6, 6.07) is 20.0. The molecule has 0 heterocycles. The highest BCUT2D eigenvalue weighted by atomic mass is 32.3. The molecule has 0 saturated heterocycles. The Morgan fingerprint density at radius 3 is 1.14 bits per heavy atom. The zero-order valence-electron chi connectivity index (χ0n) is 15.1. The zero-order chi connectivity index (χ0) is 17.2. The average Bonchev–Trinajstić information content (AvgIpc) is 2.58. The molecule has 1 N–H and O–H groups in total. The Bertz CT molecular complexity index is 461. The summed E-state index contributed by atoms with van der Waals surface area (Å²) in [4.78, 5) is 2.03. The van der Waals surface area contributed by atoms with Crippen LogP contribution in [0.1, 0.15) is 48.5 Å². The fraction of sp³-hybridized carbons (Fsp3) is 0.400. The van der Waals surface area contributed by atoms with Gasteiger partial charge in [-0.25, -0.2) is 0 Å². The van der Waals surface area contributed by atoms with E-state index < -0.39 is 10.3 Å². The third kappa shape index (κ3) is 4.62. The van der Waals surface area contributed by atoms with Crippen molar-refractivity contribution < 1.29 is 4.55 Å². The molecule has 1 nitrogen and oxygen atoms in total. The SMILES string of the molecule is CC.CC.CC(C)(C)S(O)(c1ccccc1)c1ccccc1. The number of hydrogen-bond acceptors (Lipinski definition) is 1. The molecule has 2 heteroatoms. The third-order valence-corrected chi connectivity index (χ3v) is 6.74. The van der Waals surface area contributed by atoms with E-state index in [4.69, 9.17) is 0 Å². The van der Waals surface area contributed by atoms with Crippen molar-refractivity contribution in [2.24, 2.45) is 0 Å². The first-order chi connectivity index (χ1) is 10.5. The molecule has 2 aromatic carbocycles. The Labute approximate surface area is 138 Å². The lowest BCUT2D eigenvalue weighted by Gasteiger charge is -2.46. The lowest BCUT2D eigenvalue weighted by Crippen LogP contribution is -2.25. The van der Waals surface area contributed by atoms with Gasteiger partial charge < -0.3 is 4.55 Å². The molecule has 0 aromatic heterocycles. The van der Waals surface area contributed by atoms with Crippen LogP contribution in [-0.4, -0.2) is 9.30 Å². The fourth-order valence-electron chi connectivity index (χ4n) is 2.08. The van der Waals surface area contributed by atoms with Crippen molar-refractivity contribution in [1.82, 2.24) is 0 Å². The van der Waals surface area contributed by atoms with Gasteiger partial charge in [-0.05, 0) is 45.0 Å². The topological polar surface area (TPSA) is 20.2 Å². The number of rotatable bonds is 2. The largest absolute Gasteiger partial charge is 0.342 e. The summed E-state index contributed by atoms with van der Waals surface area (Å²) in [5.74, 6) is 0. The lowest BCUT2D eigenvalue weighted by molar-refractivity contribution is 0.577. The molecule has 0 radical (unpaired) electrons. The molecule has 0 unspecified atom stereocenters. The van der Waals surface area contributed by atoms with E-state index in [1.54, 1.807) is 0 Å². The van der Waals surface area contributed by atoms with Gasteiger partial charge >= 0.3 is 0 Å². The Hall–Kier alpha value is -1.25. The van der Waals surface area contributed by atoms with E-state index in [1.165, 1.54) is 0 Å². The van der Waals surface area contributed by atoms with Crippen molar-refractivity contribution in [2.75, 3.05) is 0 Å². The number of hydrogen-bond donors (Lipinski definition) is 1. The van der Waals surface area contributed by atoms with Gasteiger partial charge in [-0.3, -0.25) is 0 Å². The molecule has 0 bridgehead atoms. The molecule has 0 amide bonds. The van der Waals surface area contributed by atoms with Crippen LogP contribution < -0.4 is 0 Å². The van der Waals surface area contributed by atoms with Crippen molar-refractivity contribution in [1.29, 1.82) is 0 Å². The minimum atomic E-state index is -2.01. The van der Waals surface area contributed by atoms with Crippen LogP contribution in [0.25, 0.3) is 0 Å². The highest BCUT2D eigenvalue weighted by Crippen LogP contribution is 2.67. The van der Waals surface area contributed by atoms with Gasteiger partial charge in [0, 0.05) is 14.5 Å². The quantitative estimate of drug-likeness (QED) is 0.618. The average molecular weight is 321 g/mol. The summed E-state index contributed by atoms with van der Waals surface area (Å²) in [6.45, 7) is 14.3. The van der Waals surface area contributed by atoms with E-state index in [0.29, 0.717) is 0 Å². The van der Waals surface area contributed by atoms with E-state index in [2.05, 4.69) is 20.8 Å². The van der Waals surface area contributed by atoms with Crippen molar-refractivity contribution >= 4 is 10.3 Å².